The molecule has 96 valence electrons. The predicted octanol–water partition coefficient (Wildman–Crippen LogP) is 4.30. The lowest BCUT2D eigenvalue weighted by Crippen LogP contribution is -2.23. The molecule has 18 heavy (non-hydrogen) atoms. The number of halogens is 2. The van der Waals surface area contributed by atoms with Crippen molar-refractivity contribution in [3.63, 3.8) is 0 Å². The van der Waals surface area contributed by atoms with E-state index in [9.17, 15) is 9.50 Å². The molecule has 1 nitrogen and oxygen atoms in total. The van der Waals surface area contributed by atoms with E-state index in [0.29, 0.717) is 11.4 Å². The average molecular weight is 285 g/mol. The van der Waals surface area contributed by atoms with E-state index in [4.69, 9.17) is 11.6 Å². The summed E-state index contributed by atoms with van der Waals surface area (Å²) in [6.07, 6.45) is 0.367. The van der Waals surface area contributed by atoms with Gasteiger partial charge < -0.3 is 5.11 Å². The first-order chi connectivity index (χ1) is 8.38. The lowest BCUT2D eigenvalue weighted by atomic mass is 9.95. The third-order valence-electron chi connectivity index (χ3n) is 2.82. The van der Waals surface area contributed by atoms with Crippen LogP contribution in [0.5, 0.6) is 0 Å². The Morgan fingerprint density at radius 3 is 2.61 bits per heavy atom. The molecule has 4 heteroatoms. The fraction of sp³-hybridized carbons (Fsp3) is 0.286. The number of rotatable bonds is 3. The van der Waals surface area contributed by atoms with E-state index in [0.717, 1.165) is 15.3 Å². The second-order valence-corrected chi connectivity index (χ2v) is 6.29. The van der Waals surface area contributed by atoms with Gasteiger partial charge in [-0.25, -0.2) is 4.39 Å². The Morgan fingerprint density at radius 1 is 1.33 bits per heavy atom. The van der Waals surface area contributed by atoms with Gasteiger partial charge >= 0.3 is 0 Å². The van der Waals surface area contributed by atoms with Crippen LogP contribution in [-0.2, 0) is 12.0 Å². The first-order valence-corrected chi connectivity index (χ1v) is 6.81. The lowest BCUT2D eigenvalue weighted by molar-refractivity contribution is 0.0615. The van der Waals surface area contributed by atoms with Crippen LogP contribution in [0.25, 0.3) is 0 Å². The molecule has 0 bridgehead atoms. The Morgan fingerprint density at radius 2 is 2.06 bits per heavy atom. The zero-order valence-electron chi connectivity index (χ0n) is 10.2. The minimum Gasteiger partial charge on any atom is -0.384 e. The van der Waals surface area contributed by atoms with Crippen LogP contribution in [0.1, 0.15) is 22.2 Å². The fourth-order valence-electron chi connectivity index (χ4n) is 1.85. The van der Waals surface area contributed by atoms with Gasteiger partial charge in [0.2, 0.25) is 0 Å². The second-order valence-electron chi connectivity index (χ2n) is 4.60. The minimum absolute atomic E-state index is 0.351. The number of aryl methyl sites for hydroxylation is 1. The summed E-state index contributed by atoms with van der Waals surface area (Å²) in [5.74, 6) is -0.365. The Hall–Kier alpha value is -0.900. The van der Waals surface area contributed by atoms with Crippen LogP contribution < -0.4 is 0 Å². The molecule has 0 fully saturated rings. The van der Waals surface area contributed by atoms with Gasteiger partial charge in [-0.3, -0.25) is 0 Å². The minimum atomic E-state index is -0.986. The highest BCUT2D eigenvalue weighted by molar-refractivity contribution is 7.12. The second kappa shape index (κ2) is 5.00. The summed E-state index contributed by atoms with van der Waals surface area (Å²) in [5.41, 5.74) is -0.241. The Balaban J connectivity index is 2.27. The summed E-state index contributed by atoms with van der Waals surface area (Å²) in [5, 5.41) is 10.9. The lowest BCUT2D eigenvalue weighted by Gasteiger charge is -2.22. The number of thiophene rings is 1. The standard InChI is InChI=1S/C14H14ClFOS/c1-9-3-6-13(18-9)14(2,17)8-10-4-5-11(16)7-12(10)15/h3-7,17H,8H2,1-2H3. The van der Waals surface area contributed by atoms with Crippen molar-refractivity contribution in [2.45, 2.75) is 25.9 Å². The van der Waals surface area contributed by atoms with Crippen LogP contribution in [0.4, 0.5) is 4.39 Å². The topological polar surface area (TPSA) is 20.2 Å². The van der Waals surface area contributed by atoms with Gasteiger partial charge in [-0.2, -0.15) is 0 Å². The van der Waals surface area contributed by atoms with Crippen molar-refractivity contribution in [3.05, 3.63) is 56.5 Å². The van der Waals surface area contributed by atoms with E-state index in [1.165, 1.54) is 12.1 Å². The third kappa shape index (κ3) is 2.91. The molecule has 2 aromatic rings. The Labute approximate surface area is 115 Å². The summed E-state index contributed by atoms with van der Waals surface area (Å²) in [7, 11) is 0. The van der Waals surface area contributed by atoms with Crippen LogP contribution in [0.2, 0.25) is 5.02 Å². The fourth-order valence-corrected chi connectivity index (χ4v) is 2.99. The maximum Gasteiger partial charge on any atom is 0.124 e. The molecular formula is C14H14ClFOS. The van der Waals surface area contributed by atoms with Gasteiger partial charge in [0, 0.05) is 21.2 Å². The Bertz CT molecular complexity index is 563. The first kappa shape index (κ1) is 13.5. The summed E-state index contributed by atoms with van der Waals surface area (Å²) >= 11 is 7.54. The van der Waals surface area contributed by atoms with E-state index >= 15 is 0 Å². The van der Waals surface area contributed by atoms with Crippen molar-refractivity contribution >= 4 is 22.9 Å². The highest BCUT2D eigenvalue weighted by Gasteiger charge is 2.26. The van der Waals surface area contributed by atoms with E-state index < -0.39 is 5.60 Å². The molecule has 0 aliphatic heterocycles. The highest BCUT2D eigenvalue weighted by Crippen LogP contribution is 2.32. The number of hydrogen-bond acceptors (Lipinski definition) is 2. The van der Waals surface area contributed by atoms with E-state index in [-0.39, 0.29) is 5.82 Å². The molecule has 0 amide bonds. The van der Waals surface area contributed by atoms with Gasteiger partial charge in [-0.1, -0.05) is 17.7 Å². The molecule has 1 aromatic carbocycles. The van der Waals surface area contributed by atoms with E-state index in [1.54, 1.807) is 24.3 Å². The van der Waals surface area contributed by atoms with Gasteiger partial charge in [-0.05, 0) is 43.7 Å². The molecule has 0 saturated carbocycles. The molecule has 0 saturated heterocycles. The monoisotopic (exact) mass is 284 g/mol. The molecule has 0 radical (unpaired) electrons. The van der Waals surface area contributed by atoms with Gasteiger partial charge in [-0.15, -0.1) is 11.3 Å². The van der Waals surface area contributed by atoms with Crippen molar-refractivity contribution in [3.8, 4) is 0 Å². The van der Waals surface area contributed by atoms with Crippen molar-refractivity contribution in [1.29, 1.82) is 0 Å². The van der Waals surface area contributed by atoms with Gasteiger partial charge in [0.15, 0.2) is 0 Å². The van der Waals surface area contributed by atoms with Crippen LogP contribution in [0, 0.1) is 12.7 Å². The van der Waals surface area contributed by atoms with Crippen molar-refractivity contribution in [1.82, 2.24) is 0 Å². The van der Waals surface area contributed by atoms with E-state index in [2.05, 4.69) is 0 Å². The first-order valence-electron chi connectivity index (χ1n) is 5.62. The van der Waals surface area contributed by atoms with Crippen LogP contribution in [0.15, 0.2) is 30.3 Å². The van der Waals surface area contributed by atoms with Crippen LogP contribution in [0.3, 0.4) is 0 Å². The zero-order valence-corrected chi connectivity index (χ0v) is 11.8. The normalized spacial score (nSPS) is 14.5. The molecule has 1 heterocycles. The van der Waals surface area contributed by atoms with E-state index in [1.807, 2.05) is 19.1 Å². The molecular weight excluding hydrogens is 271 g/mol. The predicted molar refractivity (Wildman–Crippen MR) is 73.7 cm³/mol. The van der Waals surface area contributed by atoms with Crippen molar-refractivity contribution < 1.29 is 9.50 Å². The summed E-state index contributed by atoms with van der Waals surface area (Å²) in [6, 6.07) is 8.13. The molecule has 1 atom stereocenters. The van der Waals surface area contributed by atoms with Crippen molar-refractivity contribution in [2.75, 3.05) is 0 Å². The summed E-state index contributed by atoms with van der Waals surface area (Å²) in [6.45, 7) is 3.74. The molecule has 2 rings (SSSR count). The van der Waals surface area contributed by atoms with Gasteiger partial charge in [0.1, 0.15) is 11.4 Å². The molecule has 0 aliphatic rings. The highest BCUT2D eigenvalue weighted by atomic mass is 35.5. The quantitative estimate of drug-likeness (QED) is 0.891. The van der Waals surface area contributed by atoms with Crippen LogP contribution >= 0.6 is 22.9 Å². The average Bonchev–Trinajstić information content (AvgIpc) is 2.70. The molecule has 0 aliphatic carbocycles. The number of aliphatic hydroxyl groups is 1. The Kier molecular flexibility index (Phi) is 3.76. The SMILES string of the molecule is Cc1ccc(C(C)(O)Cc2ccc(F)cc2Cl)s1. The number of benzene rings is 1. The third-order valence-corrected chi connectivity index (χ3v) is 4.43. The van der Waals surface area contributed by atoms with Crippen LogP contribution in [-0.4, -0.2) is 5.11 Å². The van der Waals surface area contributed by atoms with Crippen molar-refractivity contribution in [2.24, 2.45) is 0 Å². The zero-order chi connectivity index (χ0) is 13.3. The maximum absolute atomic E-state index is 13.0. The largest absolute Gasteiger partial charge is 0.384 e. The molecule has 1 aromatic heterocycles. The molecule has 1 N–H and O–H groups in total. The number of hydrogen-bond donors (Lipinski definition) is 1. The molecule has 1 unspecified atom stereocenters. The van der Waals surface area contributed by atoms with Gasteiger partial charge in [0.25, 0.3) is 0 Å². The maximum atomic E-state index is 13.0. The van der Waals surface area contributed by atoms with Gasteiger partial charge in [0.05, 0.1) is 0 Å². The summed E-state index contributed by atoms with van der Waals surface area (Å²) < 4.78 is 13.0. The summed E-state index contributed by atoms with van der Waals surface area (Å²) in [4.78, 5) is 2.04. The molecule has 0 spiro atoms. The smallest absolute Gasteiger partial charge is 0.124 e.